The number of thiophene rings is 1. The molecule has 0 saturated heterocycles. The third-order valence-corrected chi connectivity index (χ3v) is 3.83. The van der Waals surface area contributed by atoms with Crippen LogP contribution in [-0.4, -0.2) is 20.7 Å². The van der Waals surface area contributed by atoms with Gasteiger partial charge >= 0.3 is 0 Å². The van der Waals surface area contributed by atoms with Crippen molar-refractivity contribution in [1.29, 1.82) is 0 Å². The minimum Gasteiger partial charge on any atom is -0.215 e. The molecule has 13 heavy (non-hydrogen) atoms. The molecular formula is C8H13NO2S2. The third kappa shape index (κ3) is 3.89. The molecule has 0 spiro atoms. The molecule has 0 bridgehead atoms. The maximum absolute atomic E-state index is 11.0. The zero-order valence-corrected chi connectivity index (χ0v) is 9.12. The summed E-state index contributed by atoms with van der Waals surface area (Å²) in [6, 6.07) is 2.00. The fourth-order valence-electron chi connectivity index (χ4n) is 0.888. The normalized spacial score (nSPS) is 11.8. The van der Waals surface area contributed by atoms with Crippen LogP contribution in [0, 0.1) is 0 Å². The Kier molecular flexibility index (Phi) is 3.90. The molecule has 74 valence electrons. The molecule has 0 atom stereocenters. The smallest absolute Gasteiger partial charge is 0.211 e. The highest BCUT2D eigenvalue weighted by Gasteiger charge is 2.04. The molecule has 0 aromatic carbocycles. The first-order valence-electron chi connectivity index (χ1n) is 4.12. The molecule has 1 aromatic rings. The van der Waals surface area contributed by atoms with Gasteiger partial charge in [-0.2, -0.15) is 11.3 Å². The van der Waals surface area contributed by atoms with Crippen molar-refractivity contribution in [2.75, 3.05) is 12.3 Å². The molecule has 1 heterocycles. The topological polar surface area (TPSA) is 46.2 Å². The highest BCUT2D eigenvalue weighted by atomic mass is 32.2. The van der Waals surface area contributed by atoms with Crippen LogP contribution in [0.1, 0.15) is 12.5 Å². The largest absolute Gasteiger partial charge is 0.215 e. The molecular weight excluding hydrogens is 206 g/mol. The lowest BCUT2D eigenvalue weighted by Gasteiger charge is -2.02. The minimum atomic E-state index is -3.02. The van der Waals surface area contributed by atoms with Crippen LogP contribution in [0.2, 0.25) is 0 Å². The maximum Gasteiger partial charge on any atom is 0.211 e. The van der Waals surface area contributed by atoms with Gasteiger partial charge in [0.05, 0.1) is 5.75 Å². The lowest BCUT2D eigenvalue weighted by molar-refractivity contribution is 0.583. The Morgan fingerprint density at radius 3 is 2.85 bits per heavy atom. The fraction of sp³-hybridized carbons (Fsp3) is 0.500. The molecule has 3 nitrogen and oxygen atoms in total. The molecule has 0 saturated carbocycles. The predicted molar refractivity (Wildman–Crippen MR) is 55.5 cm³/mol. The summed E-state index contributed by atoms with van der Waals surface area (Å²) in [5.74, 6) is 0.149. The number of sulfonamides is 1. The Morgan fingerprint density at radius 2 is 2.31 bits per heavy atom. The van der Waals surface area contributed by atoms with Crippen LogP contribution in [0.25, 0.3) is 0 Å². The van der Waals surface area contributed by atoms with Gasteiger partial charge in [0.15, 0.2) is 0 Å². The van der Waals surface area contributed by atoms with Gasteiger partial charge in [-0.1, -0.05) is 0 Å². The summed E-state index contributed by atoms with van der Waals surface area (Å²) in [7, 11) is -3.02. The first-order valence-corrected chi connectivity index (χ1v) is 6.72. The van der Waals surface area contributed by atoms with Crippen molar-refractivity contribution < 1.29 is 8.42 Å². The van der Waals surface area contributed by atoms with Crippen molar-refractivity contribution >= 4 is 21.4 Å². The van der Waals surface area contributed by atoms with Gasteiger partial charge < -0.3 is 0 Å². The molecule has 0 fully saturated rings. The monoisotopic (exact) mass is 219 g/mol. The van der Waals surface area contributed by atoms with Crippen LogP contribution >= 0.6 is 11.3 Å². The first-order chi connectivity index (χ1) is 6.14. The highest BCUT2D eigenvalue weighted by molar-refractivity contribution is 7.89. The van der Waals surface area contributed by atoms with Crippen LogP contribution in [0.4, 0.5) is 0 Å². The molecule has 0 amide bonds. The molecule has 5 heteroatoms. The van der Waals surface area contributed by atoms with E-state index in [1.54, 1.807) is 18.3 Å². The van der Waals surface area contributed by atoms with Crippen LogP contribution < -0.4 is 4.72 Å². The standard InChI is InChI=1S/C8H13NO2S2/c1-2-13(10,11)9-5-3-8-4-6-12-7-8/h4,6-7,9H,2-3,5H2,1H3. The SMILES string of the molecule is CCS(=O)(=O)NCCc1ccsc1. The van der Waals surface area contributed by atoms with Crippen LogP contribution in [0.15, 0.2) is 16.8 Å². The van der Waals surface area contributed by atoms with Crippen molar-refractivity contribution in [3.8, 4) is 0 Å². The second-order valence-electron chi connectivity index (χ2n) is 2.68. The maximum atomic E-state index is 11.0. The number of nitrogens with one attached hydrogen (secondary N) is 1. The van der Waals surface area contributed by atoms with Crippen molar-refractivity contribution in [1.82, 2.24) is 4.72 Å². The average molecular weight is 219 g/mol. The lowest BCUT2D eigenvalue weighted by Crippen LogP contribution is -2.27. The van der Waals surface area contributed by atoms with Crippen molar-refractivity contribution in [3.63, 3.8) is 0 Å². The van der Waals surface area contributed by atoms with Crippen LogP contribution in [0.5, 0.6) is 0 Å². The molecule has 0 aliphatic rings. The van der Waals surface area contributed by atoms with E-state index in [9.17, 15) is 8.42 Å². The summed E-state index contributed by atoms with van der Waals surface area (Å²) < 4.78 is 24.6. The molecule has 0 aliphatic heterocycles. The van der Waals surface area contributed by atoms with E-state index < -0.39 is 10.0 Å². The Hall–Kier alpha value is -0.390. The minimum absolute atomic E-state index is 0.149. The van der Waals surface area contributed by atoms with Gasteiger partial charge in [0.1, 0.15) is 0 Å². The summed E-state index contributed by atoms with van der Waals surface area (Å²) in [5.41, 5.74) is 1.18. The lowest BCUT2D eigenvalue weighted by atomic mass is 10.2. The van der Waals surface area contributed by atoms with E-state index in [0.29, 0.717) is 6.54 Å². The van der Waals surface area contributed by atoms with Crippen molar-refractivity contribution in [3.05, 3.63) is 22.4 Å². The zero-order valence-electron chi connectivity index (χ0n) is 7.49. The Bertz CT molecular complexity index is 329. The van der Waals surface area contributed by atoms with E-state index in [1.807, 2.05) is 16.8 Å². The van der Waals surface area contributed by atoms with Crippen LogP contribution in [-0.2, 0) is 16.4 Å². The molecule has 1 N–H and O–H groups in total. The summed E-state index contributed by atoms with van der Waals surface area (Å²) in [6.07, 6.45) is 0.767. The Morgan fingerprint density at radius 1 is 1.54 bits per heavy atom. The molecule has 0 radical (unpaired) electrons. The highest BCUT2D eigenvalue weighted by Crippen LogP contribution is 2.05. The van der Waals surface area contributed by atoms with E-state index in [4.69, 9.17) is 0 Å². The molecule has 0 unspecified atom stereocenters. The van der Waals surface area contributed by atoms with Crippen molar-refractivity contribution in [2.45, 2.75) is 13.3 Å². The predicted octanol–water partition coefficient (Wildman–Crippen LogP) is 1.23. The van der Waals surface area contributed by atoms with E-state index in [1.165, 1.54) is 5.56 Å². The second-order valence-corrected chi connectivity index (χ2v) is 5.55. The van der Waals surface area contributed by atoms with Gasteiger partial charge in [0, 0.05) is 6.54 Å². The number of hydrogen-bond donors (Lipinski definition) is 1. The second kappa shape index (κ2) is 4.74. The van der Waals surface area contributed by atoms with E-state index >= 15 is 0 Å². The summed E-state index contributed by atoms with van der Waals surface area (Å²) in [5, 5.41) is 4.02. The third-order valence-electron chi connectivity index (χ3n) is 1.70. The summed E-state index contributed by atoms with van der Waals surface area (Å²) >= 11 is 1.63. The van der Waals surface area contributed by atoms with Gasteiger partial charge in [0.25, 0.3) is 0 Å². The van der Waals surface area contributed by atoms with Crippen LogP contribution in [0.3, 0.4) is 0 Å². The summed E-state index contributed by atoms with van der Waals surface area (Å²) in [4.78, 5) is 0. The van der Waals surface area contributed by atoms with Gasteiger partial charge in [0.2, 0.25) is 10.0 Å². The van der Waals surface area contributed by atoms with E-state index in [2.05, 4.69) is 4.72 Å². The van der Waals surface area contributed by atoms with Gasteiger partial charge in [-0.15, -0.1) is 0 Å². The van der Waals surface area contributed by atoms with Gasteiger partial charge in [-0.25, -0.2) is 13.1 Å². The van der Waals surface area contributed by atoms with E-state index in [-0.39, 0.29) is 5.75 Å². The molecule has 0 aliphatic carbocycles. The average Bonchev–Trinajstić information content (AvgIpc) is 2.57. The number of rotatable bonds is 5. The van der Waals surface area contributed by atoms with Gasteiger partial charge in [-0.3, -0.25) is 0 Å². The zero-order chi connectivity index (χ0) is 9.73. The number of hydrogen-bond acceptors (Lipinski definition) is 3. The van der Waals surface area contributed by atoms with Gasteiger partial charge in [-0.05, 0) is 35.7 Å². The van der Waals surface area contributed by atoms with E-state index in [0.717, 1.165) is 6.42 Å². The molecule has 1 aromatic heterocycles. The quantitative estimate of drug-likeness (QED) is 0.809. The Labute approximate surface area is 82.8 Å². The summed E-state index contributed by atoms with van der Waals surface area (Å²) in [6.45, 7) is 2.12. The molecule has 1 rings (SSSR count). The Balaban J connectivity index is 2.30. The fourth-order valence-corrected chi connectivity index (χ4v) is 2.21. The first kappa shape index (κ1) is 10.7. The van der Waals surface area contributed by atoms with Crippen molar-refractivity contribution in [2.24, 2.45) is 0 Å².